The van der Waals surface area contributed by atoms with Gasteiger partial charge in [0.1, 0.15) is 10.8 Å². The smallest absolute Gasteiger partial charge is 0.235 e. The van der Waals surface area contributed by atoms with Crippen molar-refractivity contribution in [2.24, 2.45) is 0 Å². The van der Waals surface area contributed by atoms with Crippen molar-refractivity contribution in [2.45, 2.75) is 0 Å². The summed E-state index contributed by atoms with van der Waals surface area (Å²) in [6.07, 6.45) is 5.51. The third-order valence-electron chi connectivity index (χ3n) is 3.29. The molecule has 0 N–H and O–H groups in total. The molecule has 1 aromatic carbocycles. The predicted molar refractivity (Wildman–Crippen MR) is 88.3 cm³/mol. The number of hydrogen-bond donors (Lipinski definition) is 0. The summed E-state index contributed by atoms with van der Waals surface area (Å²) in [6, 6.07) is 11.5. The van der Waals surface area contributed by atoms with Crippen molar-refractivity contribution in [3.05, 3.63) is 53.2 Å². The van der Waals surface area contributed by atoms with Gasteiger partial charge in [0, 0.05) is 5.56 Å². The number of rotatable bonds is 4. The maximum atomic E-state index is 5.36. The highest BCUT2D eigenvalue weighted by Gasteiger charge is 2.14. The first-order valence-corrected chi connectivity index (χ1v) is 7.74. The van der Waals surface area contributed by atoms with Crippen LogP contribution >= 0.6 is 11.3 Å². The zero-order valence-electron chi connectivity index (χ0n) is 12.2. The molecule has 0 aliphatic rings. The lowest BCUT2D eigenvalue weighted by Crippen LogP contribution is -1.89. The van der Waals surface area contributed by atoms with Gasteiger partial charge in [0.2, 0.25) is 10.8 Å². The van der Waals surface area contributed by atoms with Crippen LogP contribution in [0.15, 0.2) is 47.1 Å². The maximum Gasteiger partial charge on any atom is 0.235 e. The van der Waals surface area contributed by atoms with Crippen molar-refractivity contribution >= 4 is 28.4 Å². The van der Waals surface area contributed by atoms with Crippen molar-refractivity contribution in [2.75, 3.05) is 7.11 Å². The van der Waals surface area contributed by atoms with E-state index in [1.54, 1.807) is 17.9 Å². The Morgan fingerprint density at radius 2 is 2.04 bits per heavy atom. The third-order valence-corrected chi connectivity index (χ3v) is 4.16. The Balaban J connectivity index is 1.69. The van der Waals surface area contributed by atoms with Crippen LogP contribution in [0.25, 0.3) is 28.7 Å². The summed E-state index contributed by atoms with van der Waals surface area (Å²) in [5.74, 6) is 2.06. The van der Waals surface area contributed by atoms with E-state index in [9.17, 15) is 0 Å². The quantitative estimate of drug-likeness (QED) is 0.573. The molecule has 0 fully saturated rings. The molecule has 7 heteroatoms. The molecule has 114 valence electrons. The summed E-state index contributed by atoms with van der Waals surface area (Å²) in [5, 5.41) is 13.6. The van der Waals surface area contributed by atoms with Crippen molar-refractivity contribution in [3.8, 4) is 17.3 Å². The van der Waals surface area contributed by atoms with Gasteiger partial charge in [-0.05, 0) is 30.4 Å². The van der Waals surface area contributed by atoms with Crippen LogP contribution in [0, 0.1) is 0 Å². The summed E-state index contributed by atoms with van der Waals surface area (Å²) in [5.41, 5.74) is 0.993. The monoisotopic (exact) mass is 324 g/mol. The van der Waals surface area contributed by atoms with Crippen molar-refractivity contribution in [1.82, 2.24) is 19.8 Å². The Hall–Kier alpha value is -2.93. The average molecular weight is 324 g/mol. The second-order valence-electron chi connectivity index (χ2n) is 4.71. The van der Waals surface area contributed by atoms with Crippen LogP contribution in [0.1, 0.15) is 10.6 Å². The number of para-hydroxylation sites is 1. The molecular formula is C16H12N4O2S. The van der Waals surface area contributed by atoms with Crippen LogP contribution < -0.4 is 4.74 Å². The molecule has 0 spiro atoms. The second kappa shape index (κ2) is 5.69. The first-order chi connectivity index (χ1) is 11.3. The number of aromatic nitrogens is 4. The molecule has 0 unspecified atom stereocenters. The highest BCUT2D eigenvalue weighted by Crippen LogP contribution is 2.24. The lowest BCUT2D eigenvalue weighted by Gasteiger charge is -2.02. The predicted octanol–water partition coefficient (Wildman–Crippen LogP) is 3.62. The minimum atomic E-state index is 0.596. The SMILES string of the molecule is COc1ccccc1/C=C/c1nn2c(-c3ccco3)nnc2s1. The Labute approximate surface area is 135 Å². The summed E-state index contributed by atoms with van der Waals surface area (Å²) in [7, 11) is 1.66. The fourth-order valence-corrected chi connectivity index (χ4v) is 2.96. The molecular weight excluding hydrogens is 312 g/mol. The largest absolute Gasteiger partial charge is 0.496 e. The van der Waals surface area contributed by atoms with Crippen LogP contribution in [-0.4, -0.2) is 26.9 Å². The molecule has 0 saturated heterocycles. The molecule has 4 aromatic rings. The van der Waals surface area contributed by atoms with Crippen LogP contribution in [0.4, 0.5) is 0 Å². The molecule has 0 aliphatic carbocycles. The molecule has 3 heterocycles. The topological polar surface area (TPSA) is 65.5 Å². The van der Waals surface area contributed by atoms with E-state index in [1.807, 2.05) is 48.6 Å². The molecule has 0 amide bonds. The molecule has 6 nitrogen and oxygen atoms in total. The third kappa shape index (κ3) is 2.51. The average Bonchev–Trinajstić information content (AvgIpc) is 3.29. The summed E-state index contributed by atoms with van der Waals surface area (Å²) in [6.45, 7) is 0. The van der Waals surface area contributed by atoms with E-state index in [2.05, 4.69) is 15.3 Å². The van der Waals surface area contributed by atoms with Crippen molar-refractivity contribution < 1.29 is 9.15 Å². The van der Waals surface area contributed by atoms with E-state index in [4.69, 9.17) is 9.15 Å². The first-order valence-electron chi connectivity index (χ1n) is 6.92. The van der Waals surface area contributed by atoms with Crippen molar-refractivity contribution in [1.29, 1.82) is 0 Å². The van der Waals surface area contributed by atoms with Gasteiger partial charge in [-0.1, -0.05) is 29.5 Å². The number of ether oxygens (including phenoxy) is 1. The molecule has 23 heavy (non-hydrogen) atoms. The number of methoxy groups -OCH3 is 1. The van der Waals surface area contributed by atoms with Gasteiger partial charge in [-0.15, -0.1) is 10.2 Å². The summed E-state index contributed by atoms with van der Waals surface area (Å²) < 4.78 is 12.4. The van der Waals surface area contributed by atoms with Gasteiger partial charge in [-0.2, -0.15) is 9.61 Å². The Morgan fingerprint density at radius 3 is 2.87 bits per heavy atom. The van der Waals surface area contributed by atoms with E-state index >= 15 is 0 Å². The molecule has 0 aliphatic heterocycles. The lowest BCUT2D eigenvalue weighted by atomic mass is 10.2. The van der Waals surface area contributed by atoms with Gasteiger partial charge in [-0.25, -0.2) is 0 Å². The van der Waals surface area contributed by atoms with Gasteiger partial charge >= 0.3 is 0 Å². The summed E-state index contributed by atoms with van der Waals surface area (Å²) in [4.78, 5) is 0.719. The first kappa shape index (κ1) is 13.7. The van der Waals surface area contributed by atoms with Gasteiger partial charge in [0.25, 0.3) is 0 Å². The zero-order chi connectivity index (χ0) is 15.6. The fourth-order valence-electron chi connectivity index (χ4n) is 2.22. The standard InChI is InChI=1S/C16H12N4O2S/c1-21-12-6-3-2-5-11(12)8-9-14-19-20-15(13-7-4-10-22-13)17-18-16(20)23-14/h2-10H,1H3/b9-8+. The minimum absolute atomic E-state index is 0.596. The lowest BCUT2D eigenvalue weighted by molar-refractivity contribution is 0.414. The molecule has 4 rings (SSSR count). The van der Waals surface area contributed by atoms with Gasteiger partial charge < -0.3 is 9.15 Å². The number of benzene rings is 1. The second-order valence-corrected chi connectivity index (χ2v) is 5.70. The number of hydrogen-bond acceptors (Lipinski definition) is 6. The summed E-state index contributed by atoms with van der Waals surface area (Å²) >= 11 is 1.46. The van der Waals surface area contributed by atoms with Gasteiger partial charge in [0.05, 0.1) is 13.4 Å². The van der Waals surface area contributed by atoms with Crippen molar-refractivity contribution in [3.63, 3.8) is 0 Å². The normalized spacial score (nSPS) is 11.5. The fraction of sp³-hybridized carbons (Fsp3) is 0.0625. The maximum absolute atomic E-state index is 5.36. The zero-order valence-corrected chi connectivity index (χ0v) is 13.0. The minimum Gasteiger partial charge on any atom is -0.496 e. The van der Waals surface area contributed by atoms with E-state index in [-0.39, 0.29) is 0 Å². The van der Waals surface area contributed by atoms with Gasteiger partial charge in [-0.3, -0.25) is 0 Å². The molecule has 0 radical (unpaired) electrons. The van der Waals surface area contributed by atoms with E-state index in [0.29, 0.717) is 11.6 Å². The Kier molecular flexibility index (Phi) is 3.39. The van der Waals surface area contributed by atoms with E-state index in [1.165, 1.54) is 11.3 Å². The number of fused-ring (bicyclic) bond motifs is 1. The Morgan fingerprint density at radius 1 is 1.13 bits per heavy atom. The molecule has 0 saturated carbocycles. The highest BCUT2D eigenvalue weighted by molar-refractivity contribution is 7.17. The van der Waals surface area contributed by atoms with E-state index in [0.717, 1.165) is 21.3 Å². The van der Waals surface area contributed by atoms with Gasteiger partial charge in [0.15, 0.2) is 5.76 Å². The molecule has 3 aromatic heterocycles. The molecule has 0 bridgehead atoms. The number of nitrogens with zero attached hydrogens (tertiary/aromatic N) is 4. The van der Waals surface area contributed by atoms with Crippen LogP contribution in [-0.2, 0) is 0 Å². The highest BCUT2D eigenvalue weighted by atomic mass is 32.1. The number of furan rings is 1. The van der Waals surface area contributed by atoms with Crippen LogP contribution in [0.2, 0.25) is 0 Å². The Bertz CT molecular complexity index is 969. The van der Waals surface area contributed by atoms with Crippen LogP contribution in [0.3, 0.4) is 0 Å². The molecule has 0 atom stereocenters. The van der Waals surface area contributed by atoms with E-state index < -0.39 is 0 Å². The van der Waals surface area contributed by atoms with Crippen LogP contribution in [0.5, 0.6) is 5.75 Å².